The predicted octanol–water partition coefficient (Wildman–Crippen LogP) is -0.0998. The maximum absolute atomic E-state index is 11.7. The fourth-order valence-electron chi connectivity index (χ4n) is 1.48. The summed E-state index contributed by atoms with van der Waals surface area (Å²) in [6, 6.07) is 4.81. The van der Waals surface area contributed by atoms with Crippen molar-refractivity contribution in [2.75, 3.05) is 7.11 Å². The zero-order valence-electron chi connectivity index (χ0n) is 8.44. The van der Waals surface area contributed by atoms with Crippen molar-refractivity contribution in [2.24, 2.45) is 0 Å². The van der Waals surface area contributed by atoms with E-state index < -0.39 is 11.4 Å². The molecule has 0 unspecified atom stereocenters. The number of H-pyrrole nitrogens is 1. The molecule has 0 saturated heterocycles. The molecule has 5 nitrogen and oxygen atoms in total. The first-order chi connectivity index (χ1) is 7.63. The second kappa shape index (κ2) is 3.69. The zero-order valence-corrected chi connectivity index (χ0v) is 8.44. The molecular formula is C11H8NO4-. The van der Waals surface area contributed by atoms with Crippen LogP contribution in [0, 0.1) is 0 Å². The van der Waals surface area contributed by atoms with Gasteiger partial charge >= 0.3 is 0 Å². The number of fused-ring (bicyclic) bond motifs is 1. The lowest BCUT2D eigenvalue weighted by Gasteiger charge is -2.05. The molecule has 0 aliphatic carbocycles. The Bertz CT molecular complexity index is 615. The molecule has 82 valence electrons. The highest BCUT2D eigenvalue weighted by atomic mass is 16.5. The lowest BCUT2D eigenvalue weighted by molar-refractivity contribution is -0.255. The Kier molecular flexibility index (Phi) is 2.36. The van der Waals surface area contributed by atoms with E-state index in [0.717, 1.165) is 6.20 Å². The summed E-state index contributed by atoms with van der Waals surface area (Å²) in [7, 11) is 1.47. The maximum atomic E-state index is 11.7. The molecule has 0 radical (unpaired) electrons. The molecule has 1 N–H and O–H groups in total. The highest BCUT2D eigenvalue weighted by Gasteiger charge is 2.06. The number of carbonyl (C=O) groups excluding carboxylic acids is 1. The average Bonchev–Trinajstić information content (AvgIpc) is 2.28. The van der Waals surface area contributed by atoms with E-state index in [-0.39, 0.29) is 10.9 Å². The third kappa shape index (κ3) is 1.52. The normalized spacial score (nSPS) is 10.3. The first kappa shape index (κ1) is 10.2. The van der Waals surface area contributed by atoms with Gasteiger partial charge in [-0.05, 0) is 18.2 Å². The number of pyridine rings is 1. The van der Waals surface area contributed by atoms with Crippen LogP contribution in [0.3, 0.4) is 0 Å². The van der Waals surface area contributed by atoms with Gasteiger partial charge in [0, 0.05) is 17.1 Å². The number of carboxylic acids is 1. The predicted molar refractivity (Wildman–Crippen MR) is 55.5 cm³/mol. The highest BCUT2D eigenvalue weighted by molar-refractivity contribution is 5.91. The number of aromatic carboxylic acids is 1. The number of hydrogen-bond donors (Lipinski definition) is 1. The van der Waals surface area contributed by atoms with Gasteiger partial charge in [0.1, 0.15) is 5.75 Å². The van der Waals surface area contributed by atoms with Gasteiger partial charge < -0.3 is 19.6 Å². The van der Waals surface area contributed by atoms with Crippen LogP contribution in [0.25, 0.3) is 10.9 Å². The Balaban J connectivity index is 2.81. The average molecular weight is 218 g/mol. The Morgan fingerprint density at radius 1 is 1.44 bits per heavy atom. The van der Waals surface area contributed by atoms with E-state index in [4.69, 9.17) is 4.74 Å². The molecule has 2 aromatic rings. The number of rotatable bonds is 2. The van der Waals surface area contributed by atoms with Crippen molar-refractivity contribution in [3.8, 4) is 5.75 Å². The van der Waals surface area contributed by atoms with Gasteiger partial charge in [-0.3, -0.25) is 4.79 Å². The van der Waals surface area contributed by atoms with Gasteiger partial charge in [0.2, 0.25) is 0 Å². The van der Waals surface area contributed by atoms with Crippen molar-refractivity contribution in [3.63, 3.8) is 0 Å². The molecule has 0 aliphatic heterocycles. The number of methoxy groups -OCH3 is 1. The molecule has 0 aliphatic rings. The summed E-state index contributed by atoms with van der Waals surface area (Å²) in [6.07, 6.45) is 1.13. The molecule has 16 heavy (non-hydrogen) atoms. The van der Waals surface area contributed by atoms with E-state index in [1.807, 2.05) is 0 Å². The van der Waals surface area contributed by atoms with E-state index in [2.05, 4.69) is 4.98 Å². The highest BCUT2D eigenvalue weighted by Crippen LogP contribution is 2.16. The third-order valence-corrected chi connectivity index (χ3v) is 2.31. The van der Waals surface area contributed by atoms with Crippen LogP contribution in [0.1, 0.15) is 10.4 Å². The quantitative estimate of drug-likeness (QED) is 0.763. The minimum Gasteiger partial charge on any atom is -0.545 e. The Morgan fingerprint density at radius 3 is 2.81 bits per heavy atom. The standard InChI is InChI=1S/C11H9NO4/c1-16-6-2-3-9-7(4-6)10(13)8(5-12-9)11(14)15/h2-5H,1H3,(H,12,13)(H,14,15)/p-1. The Hall–Kier alpha value is -2.30. The SMILES string of the molecule is COc1ccc2[nH]cc(C(=O)[O-])c(=O)c2c1. The van der Waals surface area contributed by atoms with Gasteiger partial charge in [-0.1, -0.05) is 0 Å². The van der Waals surface area contributed by atoms with Crippen molar-refractivity contribution in [3.05, 3.63) is 40.2 Å². The molecule has 1 aromatic carbocycles. The molecular weight excluding hydrogens is 210 g/mol. The summed E-state index contributed by atoms with van der Waals surface area (Å²) >= 11 is 0. The minimum atomic E-state index is -1.49. The van der Waals surface area contributed by atoms with E-state index in [1.165, 1.54) is 13.2 Å². The monoisotopic (exact) mass is 218 g/mol. The van der Waals surface area contributed by atoms with E-state index in [9.17, 15) is 14.7 Å². The van der Waals surface area contributed by atoms with Crippen molar-refractivity contribution < 1.29 is 14.6 Å². The molecule has 0 amide bonds. The number of nitrogens with one attached hydrogen (secondary N) is 1. The topological polar surface area (TPSA) is 82.2 Å². The van der Waals surface area contributed by atoms with Crippen molar-refractivity contribution in [1.29, 1.82) is 0 Å². The van der Waals surface area contributed by atoms with Gasteiger partial charge in [0.25, 0.3) is 0 Å². The summed E-state index contributed by atoms with van der Waals surface area (Å²) in [5.41, 5.74) is -0.413. The van der Waals surface area contributed by atoms with Gasteiger partial charge in [-0.2, -0.15) is 0 Å². The van der Waals surface area contributed by atoms with E-state index in [0.29, 0.717) is 11.3 Å². The molecule has 0 spiro atoms. The fraction of sp³-hybridized carbons (Fsp3) is 0.0909. The first-order valence-corrected chi connectivity index (χ1v) is 4.54. The van der Waals surface area contributed by atoms with E-state index in [1.54, 1.807) is 12.1 Å². The number of carbonyl (C=O) groups is 1. The van der Waals surface area contributed by atoms with Crippen molar-refractivity contribution in [1.82, 2.24) is 4.98 Å². The van der Waals surface area contributed by atoms with Crippen LogP contribution < -0.4 is 15.3 Å². The first-order valence-electron chi connectivity index (χ1n) is 4.54. The molecule has 1 aromatic heterocycles. The Morgan fingerprint density at radius 2 is 2.19 bits per heavy atom. The smallest absolute Gasteiger partial charge is 0.198 e. The Labute approximate surface area is 90.3 Å². The number of benzene rings is 1. The summed E-state index contributed by atoms with van der Waals surface area (Å²) < 4.78 is 4.96. The number of aromatic amines is 1. The number of hydrogen-bond acceptors (Lipinski definition) is 4. The van der Waals surface area contributed by atoms with Gasteiger partial charge in [-0.25, -0.2) is 0 Å². The number of ether oxygens (including phenoxy) is 1. The largest absolute Gasteiger partial charge is 0.545 e. The zero-order chi connectivity index (χ0) is 11.7. The van der Waals surface area contributed by atoms with Crippen LogP contribution in [-0.4, -0.2) is 18.1 Å². The summed E-state index contributed by atoms with van der Waals surface area (Å²) in [6.45, 7) is 0. The van der Waals surface area contributed by atoms with Crippen LogP contribution in [0.15, 0.2) is 29.2 Å². The van der Waals surface area contributed by atoms with Gasteiger partial charge in [-0.15, -0.1) is 0 Å². The lowest BCUT2D eigenvalue weighted by atomic mass is 10.1. The second-order valence-corrected chi connectivity index (χ2v) is 3.23. The minimum absolute atomic E-state index is 0.265. The van der Waals surface area contributed by atoms with Crippen molar-refractivity contribution >= 4 is 16.9 Å². The maximum Gasteiger partial charge on any atom is 0.198 e. The number of aromatic nitrogens is 1. The lowest BCUT2D eigenvalue weighted by Crippen LogP contribution is -2.29. The molecule has 1 heterocycles. The molecule has 2 rings (SSSR count). The third-order valence-electron chi connectivity index (χ3n) is 2.31. The van der Waals surface area contributed by atoms with Crippen LogP contribution in [0.2, 0.25) is 0 Å². The molecule has 0 saturated carbocycles. The van der Waals surface area contributed by atoms with Crippen LogP contribution in [-0.2, 0) is 0 Å². The summed E-state index contributed by atoms with van der Waals surface area (Å²) in [5, 5.41) is 10.9. The van der Waals surface area contributed by atoms with Gasteiger partial charge in [0.05, 0.1) is 18.6 Å². The second-order valence-electron chi connectivity index (χ2n) is 3.23. The van der Waals surface area contributed by atoms with Crippen LogP contribution in [0.4, 0.5) is 0 Å². The molecule has 5 heteroatoms. The molecule has 0 fully saturated rings. The van der Waals surface area contributed by atoms with Gasteiger partial charge in [0.15, 0.2) is 5.43 Å². The van der Waals surface area contributed by atoms with E-state index >= 15 is 0 Å². The van der Waals surface area contributed by atoms with Crippen LogP contribution >= 0.6 is 0 Å². The van der Waals surface area contributed by atoms with Crippen LogP contribution in [0.5, 0.6) is 5.75 Å². The number of carboxylic acid groups (broad SMARTS) is 1. The fourth-order valence-corrected chi connectivity index (χ4v) is 1.48. The molecule has 0 bridgehead atoms. The molecule has 0 atom stereocenters. The summed E-state index contributed by atoms with van der Waals surface area (Å²) in [5.74, 6) is -1.00. The van der Waals surface area contributed by atoms with Crippen molar-refractivity contribution in [2.45, 2.75) is 0 Å². The summed E-state index contributed by atoms with van der Waals surface area (Å²) in [4.78, 5) is 25.1.